The minimum Gasteiger partial charge on any atom is -0.254 e. The van der Waals surface area contributed by atoms with Crippen LogP contribution in [0.25, 0.3) is 0 Å². The maximum absolute atomic E-state index is 6.04. The van der Waals surface area contributed by atoms with Crippen LogP contribution in [0.2, 0.25) is 0 Å². The number of rotatable bonds is 4. The van der Waals surface area contributed by atoms with Gasteiger partial charge in [0.25, 0.3) is 0 Å². The molecular weight excluding hydrogens is 775 g/mol. The van der Waals surface area contributed by atoms with Gasteiger partial charge in [0.2, 0.25) is 0 Å². The molecule has 7 heterocycles. The number of hydrogen-bond acceptors (Lipinski definition) is 3. The fourth-order valence-electron chi connectivity index (χ4n) is 11.9. The first kappa shape index (κ1) is 36.6. The number of hydrogen-bond donors (Lipinski definition) is 0. The molecule has 4 aliphatic heterocycles. The van der Waals surface area contributed by atoms with E-state index < -0.39 is 21.7 Å². The van der Waals surface area contributed by atoms with Crippen LogP contribution >= 0.6 is 0 Å². The Balaban J connectivity index is 1.40. The van der Waals surface area contributed by atoms with Gasteiger partial charge in [-0.3, -0.25) is 15.0 Å². The van der Waals surface area contributed by atoms with Crippen LogP contribution in [0, 0.1) is 0 Å². The van der Waals surface area contributed by atoms with Gasteiger partial charge in [-0.15, -0.1) is 0 Å². The van der Waals surface area contributed by atoms with Crippen molar-refractivity contribution in [2.45, 2.75) is 21.7 Å². The Morgan fingerprint density at radius 2 is 0.359 bits per heavy atom. The molecule has 10 aromatic rings. The summed E-state index contributed by atoms with van der Waals surface area (Å²) in [6, 6.07) is 91.8. The van der Waals surface area contributed by atoms with Gasteiger partial charge < -0.3 is 0 Å². The maximum atomic E-state index is 6.04. The fourth-order valence-corrected chi connectivity index (χ4v) is 11.9. The Bertz CT molecular complexity index is 2730. The third kappa shape index (κ3) is 4.68. The van der Waals surface area contributed by atoms with Crippen LogP contribution in [0.1, 0.15) is 89.8 Å². The molecule has 3 heteroatoms. The Hall–Kier alpha value is -8.01. The summed E-state index contributed by atoms with van der Waals surface area (Å²) < 4.78 is 0. The molecule has 0 spiro atoms. The predicted octanol–water partition coefficient (Wildman–Crippen LogP) is 12.3. The normalized spacial score (nSPS) is 22.0. The summed E-state index contributed by atoms with van der Waals surface area (Å²) >= 11 is 0. The van der Waals surface area contributed by atoms with Gasteiger partial charge in [-0.05, 0) is 92.0 Å². The second-order valence-corrected chi connectivity index (χ2v) is 17.4. The zero-order valence-electron chi connectivity index (χ0n) is 35.0. The fraction of sp³-hybridized carbons (Fsp3) is 0.0656. The lowest BCUT2D eigenvalue weighted by Gasteiger charge is -2.45. The molecule has 0 radical (unpaired) electrons. The lowest BCUT2D eigenvalue weighted by Crippen LogP contribution is -2.42. The summed E-state index contributed by atoms with van der Waals surface area (Å²) in [5, 5.41) is 0. The van der Waals surface area contributed by atoms with Crippen molar-refractivity contribution in [1.29, 1.82) is 0 Å². The Labute approximate surface area is 373 Å². The van der Waals surface area contributed by atoms with Crippen LogP contribution in [0.4, 0.5) is 0 Å². The molecule has 0 N–H and O–H groups in total. The summed E-state index contributed by atoms with van der Waals surface area (Å²) in [4.78, 5) is 18.1. The molecule has 0 aliphatic carbocycles. The molecular formula is C61H41N3. The lowest BCUT2D eigenvalue weighted by molar-refractivity contribution is 0.596. The van der Waals surface area contributed by atoms with Gasteiger partial charge in [0.15, 0.2) is 0 Å². The van der Waals surface area contributed by atoms with E-state index in [4.69, 9.17) is 15.0 Å². The van der Waals surface area contributed by atoms with E-state index in [1.165, 1.54) is 5.56 Å². The molecule has 4 aliphatic rings. The van der Waals surface area contributed by atoms with Crippen molar-refractivity contribution >= 4 is 0 Å². The molecule has 7 aromatic carbocycles. The largest absolute Gasteiger partial charge is 0.254 e. The van der Waals surface area contributed by atoms with E-state index in [0.717, 1.165) is 84.2 Å². The van der Waals surface area contributed by atoms with E-state index in [0.29, 0.717) is 0 Å². The van der Waals surface area contributed by atoms with Crippen LogP contribution in [-0.4, -0.2) is 15.0 Å². The zero-order chi connectivity index (χ0) is 42.4. The maximum Gasteiger partial charge on any atom is 0.104 e. The highest BCUT2D eigenvalue weighted by molar-refractivity contribution is 5.70. The quantitative estimate of drug-likeness (QED) is 0.178. The molecule has 16 bridgehead atoms. The second kappa shape index (κ2) is 13.7. The SMILES string of the molecule is c1ccc(C23c4cccc(c4)C4(c5ccccc5)c5cccc(n5)C(c5ccccc5)(c5cccc2c5)c2cccc(n2)C(c2ccccc2)(c2cccc3c2)c2cccc4n2)cc1. The van der Waals surface area contributed by atoms with Crippen molar-refractivity contribution in [1.82, 2.24) is 15.0 Å². The average molecular weight is 816 g/mol. The van der Waals surface area contributed by atoms with Gasteiger partial charge in [-0.2, -0.15) is 0 Å². The summed E-state index contributed by atoms with van der Waals surface area (Å²) in [6.07, 6.45) is 0. The van der Waals surface area contributed by atoms with Gasteiger partial charge in [0.05, 0.1) is 39.6 Å². The van der Waals surface area contributed by atoms with Crippen molar-refractivity contribution < 1.29 is 0 Å². The first-order valence-electron chi connectivity index (χ1n) is 22.2. The summed E-state index contributed by atoms with van der Waals surface area (Å²) in [5.74, 6) is 0. The molecule has 0 atom stereocenters. The van der Waals surface area contributed by atoms with Gasteiger partial charge in [-0.1, -0.05) is 212 Å². The van der Waals surface area contributed by atoms with Crippen molar-refractivity contribution in [2.24, 2.45) is 0 Å². The first-order chi connectivity index (χ1) is 31.7. The number of benzene rings is 7. The van der Waals surface area contributed by atoms with E-state index in [-0.39, 0.29) is 0 Å². The third-order valence-corrected chi connectivity index (χ3v) is 14.6. The van der Waals surface area contributed by atoms with E-state index >= 15 is 0 Å². The molecule has 0 saturated heterocycles. The van der Waals surface area contributed by atoms with Crippen LogP contribution in [-0.2, 0) is 21.7 Å². The topological polar surface area (TPSA) is 38.7 Å². The Morgan fingerprint density at radius 3 is 0.609 bits per heavy atom. The minimum atomic E-state index is -0.975. The lowest BCUT2D eigenvalue weighted by atomic mass is 9.59. The number of pyridine rings is 3. The summed E-state index contributed by atoms with van der Waals surface area (Å²) in [7, 11) is 0. The van der Waals surface area contributed by atoms with Gasteiger partial charge in [-0.25, -0.2) is 0 Å². The van der Waals surface area contributed by atoms with E-state index in [1.54, 1.807) is 0 Å². The number of nitrogens with zero attached hydrogens (tertiary/aromatic N) is 3. The summed E-state index contributed by atoms with van der Waals surface area (Å²) in [6.45, 7) is 0. The molecule has 0 amide bonds. The first-order valence-corrected chi connectivity index (χ1v) is 22.2. The smallest absolute Gasteiger partial charge is 0.104 e. The predicted molar refractivity (Wildman–Crippen MR) is 254 cm³/mol. The molecule has 0 fully saturated rings. The van der Waals surface area contributed by atoms with Crippen LogP contribution < -0.4 is 0 Å². The molecule has 0 unspecified atom stereocenters. The summed E-state index contributed by atoms with van der Waals surface area (Å²) in [5.41, 5.74) is 12.8. The van der Waals surface area contributed by atoms with E-state index in [1.807, 2.05) is 0 Å². The Kier molecular flexibility index (Phi) is 7.87. The minimum absolute atomic E-state index is 0.794. The third-order valence-electron chi connectivity index (χ3n) is 14.6. The van der Waals surface area contributed by atoms with Crippen molar-refractivity contribution in [3.8, 4) is 0 Å². The molecule has 14 rings (SSSR count). The highest BCUT2D eigenvalue weighted by Gasteiger charge is 2.52. The van der Waals surface area contributed by atoms with Gasteiger partial charge in [0, 0.05) is 0 Å². The van der Waals surface area contributed by atoms with Crippen molar-refractivity contribution in [3.05, 3.63) is 339 Å². The van der Waals surface area contributed by atoms with Crippen LogP contribution in [0.5, 0.6) is 0 Å². The van der Waals surface area contributed by atoms with Crippen molar-refractivity contribution in [2.75, 3.05) is 0 Å². The molecule has 0 saturated carbocycles. The number of aromatic nitrogens is 3. The van der Waals surface area contributed by atoms with E-state index in [9.17, 15) is 0 Å². The molecule has 3 aromatic heterocycles. The van der Waals surface area contributed by atoms with Gasteiger partial charge in [0.1, 0.15) is 16.2 Å². The molecule has 3 nitrogen and oxygen atoms in total. The van der Waals surface area contributed by atoms with E-state index in [2.05, 4.69) is 249 Å². The highest BCUT2D eigenvalue weighted by atomic mass is 14.9. The highest BCUT2D eigenvalue weighted by Crippen LogP contribution is 2.56. The van der Waals surface area contributed by atoms with Crippen molar-refractivity contribution in [3.63, 3.8) is 0 Å². The monoisotopic (exact) mass is 815 g/mol. The second-order valence-electron chi connectivity index (χ2n) is 17.4. The average Bonchev–Trinajstić information content (AvgIpc) is 3.37. The molecule has 300 valence electrons. The van der Waals surface area contributed by atoms with Gasteiger partial charge >= 0.3 is 0 Å². The van der Waals surface area contributed by atoms with Crippen LogP contribution in [0.3, 0.4) is 0 Å². The Morgan fingerprint density at radius 1 is 0.172 bits per heavy atom. The molecule has 64 heavy (non-hydrogen) atoms. The standard InChI is InChI=1S/C61H41N3/c1-5-19-42(20-6-1)58-46-27-13-30-49(39-46)59(43-21-7-2-8-22-43)52-33-16-35-54(62-52)60(44-23-9-3-10-24-44,50-31-14-28-47(58)40-50)56-37-18-38-57(64-56)61(45-25-11-4-12-26-45,51-32-15-29-48(58)41-51)55-36-17-34-53(59)63-55/h1-41H. The van der Waals surface area contributed by atoms with Crippen LogP contribution in [0.15, 0.2) is 249 Å². The zero-order valence-corrected chi connectivity index (χ0v) is 35.0.